The topological polar surface area (TPSA) is 88.2 Å². The molecule has 2 saturated heterocycles. The molecule has 1 N–H and O–H groups in total. The maximum Gasteiger partial charge on any atom is 0.407 e. The molecule has 2 aliphatic heterocycles. The lowest BCUT2D eigenvalue weighted by molar-refractivity contribution is -0.143. The molecule has 0 unspecified atom stereocenters. The molecule has 1 aromatic rings. The molecule has 0 aromatic heterocycles. The predicted octanol–water partition coefficient (Wildman–Crippen LogP) is 2.95. The van der Waals surface area contributed by atoms with E-state index in [0.29, 0.717) is 44.8 Å². The van der Waals surface area contributed by atoms with Crippen molar-refractivity contribution in [3.05, 3.63) is 29.8 Å². The molecule has 0 aliphatic carbocycles. The van der Waals surface area contributed by atoms with E-state index in [9.17, 15) is 14.4 Å². The second kappa shape index (κ2) is 10.2. The van der Waals surface area contributed by atoms with Crippen LogP contribution in [0, 0.1) is 5.92 Å². The minimum atomic E-state index is -0.543. The van der Waals surface area contributed by atoms with Crippen molar-refractivity contribution in [3.8, 4) is 5.75 Å². The van der Waals surface area contributed by atoms with Gasteiger partial charge < -0.3 is 24.6 Å². The Balaban J connectivity index is 1.60. The fourth-order valence-corrected chi connectivity index (χ4v) is 4.39. The number of piperidine rings is 1. The first-order valence-corrected chi connectivity index (χ1v) is 11.3. The number of hydrogen-bond donors (Lipinski definition) is 1. The van der Waals surface area contributed by atoms with Gasteiger partial charge in [0.15, 0.2) is 0 Å². The van der Waals surface area contributed by atoms with Crippen LogP contribution in [-0.2, 0) is 20.9 Å². The maximum atomic E-state index is 13.4. The monoisotopic (exact) mass is 445 g/mol. The van der Waals surface area contributed by atoms with Crippen molar-refractivity contribution >= 4 is 17.9 Å². The Hall–Kier alpha value is -2.77. The zero-order chi connectivity index (χ0) is 23.3. The van der Waals surface area contributed by atoms with Gasteiger partial charge in [-0.15, -0.1) is 0 Å². The molecule has 0 bridgehead atoms. The number of likely N-dealkylation sites (tertiary alicyclic amines) is 2. The van der Waals surface area contributed by atoms with Crippen LogP contribution in [0.3, 0.4) is 0 Å². The summed E-state index contributed by atoms with van der Waals surface area (Å²) in [6.07, 6.45) is 2.28. The standard InChI is InChI=1S/C24H35N3O5/c1-24(2,3)32-23(30)25-14-17-8-7-13-26(15-17)22(29)19-11-12-21(28)27(19)16-18-9-5-6-10-20(18)31-4/h5-6,9-10,17,19H,7-8,11-16H2,1-4H3,(H,25,30)/t17-,19+/m1/s1. The molecule has 2 fully saturated rings. The molecule has 1 aromatic carbocycles. The Kier molecular flexibility index (Phi) is 7.64. The summed E-state index contributed by atoms with van der Waals surface area (Å²) in [7, 11) is 1.60. The van der Waals surface area contributed by atoms with Gasteiger partial charge in [0.2, 0.25) is 11.8 Å². The van der Waals surface area contributed by atoms with E-state index in [1.54, 1.807) is 12.0 Å². The van der Waals surface area contributed by atoms with E-state index in [4.69, 9.17) is 9.47 Å². The second-order valence-corrected chi connectivity index (χ2v) is 9.56. The molecule has 8 heteroatoms. The lowest BCUT2D eigenvalue weighted by atomic mass is 9.97. The van der Waals surface area contributed by atoms with E-state index in [0.717, 1.165) is 18.4 Å². The first-order chi connectivity index (χ1) is 15.2. The third kappa shape index (κ3) is 6.14. The molecule has 2 heterocycles. The Labute approximate surface area is 190 Å². The number of alkyl carbamates (subject to hydrolysis) is 1. The van der Waals surface area contributed by atoms with Crippen LogP contribution in [-0.4, -0.2) is 66.1 Å². The Morgan fingerprint density at radius 1 is 1.19 bits per heavy atom. The summed E-state index contributed by atoms with van der Waals surface area (Å²) < 4.78 is 10.7. The molecule has 3 amide bonds. The minimum absolute atomic E-state index is 0.00518. The molecule has 176 valence electrons. The molecular formula is C24H35N3O5. The number of para-hydroxylation sites is 1. The minimum Gasteiger partial charge on any atom is -0.496 e. The highest BCUT2D eigenvalue weighted by Gasteiger charge is 2.39. The normalized spacial score (nSPS) is 21.4. The summed E-state index contributed by atoms with van der Waals surface area (Å²) >= 11 is 0. The fraction of sp³-hybridized carbons (Fsp3) is 0.625. The average Bonchev–Trinajstić information content (AvgIpc) is 3.11. The number of nitrogens with one attached hydrogen (secondary N) is 1. The van der Waals surface area contributed by atoms with Gasteiger partial charge in [-0.3, -0.25) is 9.59 Å². The van der Waals surface area contributed by atoms with Gasteiger partial charge in [-0.25, -0.2) is 4.79 Å². The van der Waals surface area contributed by atoms with Crippen molar-refractivity contribution < 1.29 is 23.9 Å². The Morgan fingerprint density at radius 2 is 1.94 bits per heavy atom. The van der Waals surface area contributed by atoms with Gasteiger partial charge in [0.25, 0.3) is 0 Å². The van der Waals surface area contributed by atoms with Crippen LogP contribution in [0.25, 0.3) is 0 Å². The van der Waals surface area contributed by atoms with E-state index in [2.05, 4.69) is 5.32 Å². The number of rotatable bonds is 6. The van der Waals surface area contributed by atoms with Gasteiger partial charge in [0.1, 0.15) is 17.4 Å². The van der Waals surface area contributed by atoms with Crippen molar-refractivity contribution in [1.82, 2.24) is 15.1 Å². The highest BCUT2D eigenvalue weighted by Crippen LogP contribution is 2.28. The molecule has 0 saturated carbocycles. The largest absolute Gasteiger partial charge is 0.496 e. The van der Waals surface area contributed by atoms with Crippen LogP contribution < -0.4 is 10.1 Å². The molecule has 3 rings (SSSR count). The van der Waals surface area contributed by atoms with Crippen LogP contribution in [0.15, 0.2) is 24.3 Å². The molecule has 0 radical (unpaired) electrons. The first-order valence-electron chi connectivity index (χ1n) is 11.3. The SMILES string of the molecule is COc1ccccc1CN1C(=O)CC[C@H]1C(=O)N1CCC[C@H](CNC(=O)OC(C)(C)C)C1. The number of benzene rings is 1. The van der Waals surface area contributed by atoms with Crippen LogP contribution in [0.1, 0.15) is 52.0 Å². The van der Waals surface area contributed by atoms with Gasteiger partial charge in [-0.1, -0.05) is 18.2 Å². The third-order valence-electron chi connectivity index (χ3n) is 5.91. The van der Waals surface area contributed by atoms with Crippen LogP contribution in [0.4, 0.5) is 4.79 Å². The lowest BCUT2D eigenvalue weighted by Crippen LogP contribution is -2.51. The summed E-state index contributed by atoms with van der Waals surface area (Å²) in [5.41, 5.74) is 0.347. The molecular weight excluding hydrogens is 410 g/mol. The number of nitrogens with zero attached hydrogens (tertiary/aromatic N) is 2. The van der Waals surface area contributed by atoms with Gasteiger partial charge in [0, 0.05) is 31.6 Å². The second-order valence-electron chi connectivity index (χ2n) is 9.56. The quantitative estimate of drug-likeness (QED) is 0.727. The number of methoxy groups -OCH3 is 1. The molecule has 2 aliphatic rings. The van der Waals surface area contributed by atoms with Gasteiger partial charge in [0.05, 0.1) is 13.7 Å². The summed E-state index contributed by atoms with van der Waals surface area (Å²) in [5.74, 6) is 0.867. The third-order valence-corrected chi connectivity index (χ3v) is 5.91. The van der Waals surface area contributed by atoms with Gasteiger partial charge >= 0.3 is 6.09 Å². The summed E-state index contributed by atoms with van der Waals surface area (Å²) in [4.78, 5) is 41.4. The van der Waals surface area contributed by atoms with E-state index >= 15 is 0 Å². The molecule has 2 atom stereocenters. The number of amides is 3. The fourth-order valence-electron chi connectivity index (χ4n) is 4.39. The summed E-state index contributed by atoms with van der Waals surface area (Å²) in [5, 5.41) is 2.82. The lowest BCUT2D eigenvalue weighted by Gasteiger charge is -2.36. The highest BCUT2D eigenvalue weighted by atomic mass is 16.6. The molecule has 32 heavy (non-hydrogen) atoms. The van der Waals surface area contributed by atoms with Crippen molar-refractivity contribution in [2.45, 2.75) is 64.6 Å². The number of ether oxygens (including phenoxy) is 2. The van der Waals surface area contributed by atoms with Gasteiger partial charge in [-0.2, -0.15) is 0 Å². The Bertz CT molecular complexity index is 835. The van der Waals surface area contributed by atoms with E-state index in [1.165, 1.54) is 0 Å². The van der Waals surface area contributed by atoms with Crippen LogP contribution in [0.2, 0.25) is 0 Å². The highest BCUT2D eigenvalue weighted by molar-refractivity contribution is 5.91. The predicted molar refractivity (Wildman–Crippen MR) is 120 cm³/mol. The first kappa shape index (κ1) is 23.9. The van der Waals surface area contributed by atoms with E-state index in [-0.39, 0.29) is 17.7 Å². The van der Waals surface area contributed by atoms with E-state index < -0.39 is 17.7 Å². The smallest absolute Gasteiger partial charge is 0.407 e. The molecule has 0 spiro atoms. The Morgan fingerprint density at radius 3 is 2.66 bits per heavy atom. The summed E-state index contributed by atoms with van der Waals surface area (Å²) in [6, 6.07) is 7.12. The van der Waals surface area contributed by atoms with Crippen molar-refractivity contribution in [2.75, 3.05) is 26.7 Å². The van der Waals surface area contributed by atoms with Crippen LogP contribution in [0.5, 0.6) is 5.75 Å². The summed E-state index contributed by atoms with van der Waals surface area (Å²) in [6.45, 7) is 7.55. The van der Waals surface area contributed by atoms with Crippen LogP contribution >= 0.6 is 0 Å². The molecule has 8 nitrogen and oxygen atoms in total. The van der Waals surface area contributed by atoms with Crippen molar-refractivity contribution in [2.24, 2.45) is 5.92 Å². The van der Waals surface area contributed by atoms with Crippen molar-refractivity contribution in [1.29, 1.82) is 0 Å². The zero-order valence-electron chi connectivity index (χ0n) is 19.6. The zero-order valence-corrected chi connectivity index (χ0v) is 19.6. The number of carbonyl (C=O) groups excluding carboxylic acids is 3. The average molecular weight is 446 g/mol. The number of hydrogen-bond acceptors (Lipinski definition) is 5. The maximum absolute atomic E-state index is 13.4. The number of carbonyl (C=O) groups is 3. The van der Waals surface area contributed by atoms with Crippen molar-refractivity contribution in [3.63, 3.8) is 0 Å². The van der Waals surface area contributed by atoms with Gasteiger partial charge in [-0.05, 0) is 52.0 Å². The van der Waals surface area contributed by atoms with E-state index in [1.807, 2.05) is 49.9 Å².